The van der Waals surface area contributed by atoms with Crippen molar-refractivity contribution in [3.63, 3.8) is 0 Å². The molecule has 0 heterocycles. The molecule has 2 N–H and O–H groups in total. The highest BCUT2D eigenvalue weighted by Crippen LogP contribution is 2.47. The van der Waals surface area contributed by atoms with Crippen LogP contribution in [0.15, 0.2) is 54.6 Å². The Balaban J connectivity index is 1.49. The van der Waals surface area contributed by atoms with Crippen LogP contribution in [0.25, 0.3) is 0 Å². The Labute approximate surface area is 135 Å². The maximum atomic E-state index is 11.9. The van der Waals surface area contributed by atoms with Crippen LogP contribution in [0.2, 0.25) is 5.02 Å². The van der Waals surface area contributed by atoms with Crippen molar-refractivity contribution < 1.29 is 4.79 Å². The van der Waals surface area contributed by atoms with Gasteiger partial charge in [-0.15, -0.1) is 0 Å². The molecule has 1 fully saturated rings. The molecule has 0 unspecified atom stereocenters. The van der Waals surface area contributed by atoms with Crippen LogP contribution in [0.1, 0.15) is 24.0 Å². The second-order valence-electron chi connectivity index (χ2n) is 5.81. The zero-order valence-corrected chi connectivity index (χ0v) is 13.1. The van der Waals surface area contributed by atoms with E-state index < -0.39 is 0 Å². The molecule has 0 bridgehead atoms. The monoisotopic (exact) mass is 314 g/mol. The van der Waals surface area contributed by atoms with Crippen molar-refractivity contribution in [2.45, 2.75) is 24.8 Å². The van der Waals surface area contributed by atoms with Crippen LogP contribution >= 0.6 is 11.6 Å². The summed E-state index contributed by atoms with van der Waals surface area (Å²) in [6, 6.07) is 17.7. The van der Waals surface area contributed by atoms with Crippen LogP contribution < -0.4 is 10.6 Å². The highest BCUT2D eigenvalue weighted by molar-refractivity contribution is 6.30. The second kappa shape index (κ2) is 6.41. The number of urea groups is 1. The van der Waals surface area contributed by atoms with E-state index in [2.05, 4.69) is 22.8 Å². The van der Waals surface area contributed by atoms with E-state index in [-0.39, 0.29) is 11.4 Å². The molecule has 2 aromatic rings. The average Bonchev–Trinajstić information content (AvgIpc) is 3.34. The number of rotatable bonds is 5. The minimum Gasteiger partial charge on any atom is -0.337 e. The molecular weight excluding hydrogens is 296 g/mol. The van der Waals surface area contributed by atoms with E-state index in [4.69, 9.17) is 11.6 Å². The van der Waals surface area contributed by atoms with Gasteiger partial charge in [0.1, 0.15) is 0 Å². The summed E-state index contributed by atoms with van der Waals surface area (Å²) in [7, 11) is 0. The van der Waals surface area contributed by atoms with Gasteiger partial charge in [-0.2, -0.15) is 0 Å². The van der Waals surface area contributed by atoms with Gasteiger partial charge in [0, 0.05) is 23.5 Å². The molecule has 1 aliphatic rings. The first-order valence-corrected chi connectivity index (χ1v) is 7.87. The van der Waals surface area contributed by atoms with Gasteiger partial charge >= 0.3 is 6.03 Å². The molecule has 0 spiro atoms. The summed E-state index contributed by atoms with van der Waals surface area (Å²) in [4.78, 5) is 11.9. The molecule has 2 amide bonds. The predicted octanol–water partition coefficient (Wildman–Crippen LogP) is 3.87. The highest BCUT2D eigenvalue weighted by atomic mass is 35.5. The fourth-order valence-electron chi connectivity index (χ4n) is 2.61. The third-order valence-electron chi connectivity index (χ3n) is 4.19. The maximum Gasteiger partial charge on any atom is 0.315 e. The molecule has 0 aromatic heterocycles. The third kappa shape index (κ3) is 3.60. The Morgan fingerprint density at radius 2 is 1.68 bits per heavy atom. The number of carbonyl (C=O) groups is 1. The lowest BCUT2D eigenvalue weighted by Crippen LogP contribution is -2.39. The Hall–Kier alpha value is -2.00. The lowest BCUT2D eigenvalue weighted by Gasteiger charge is -2.17. The minimum atomic E-state index is -0.121. The van der Waals surface area contributed by atoms with Gasteiger partial charge in [-0.3, -0.25) is 0 Å². The van der Waals surface area contributed by atoms with E-state index in [1.54, 1.807) is 0 Å². The van der Waals surface area contributed by atoms with Gasteiger partial charge in [0.15, 0.2) is 0 Å². The third-order valence-corrected chi connectivity index (χ3v) is 4.45. The number of amides is 2. The largest absolute Gasteiger partial charge is 0.337 e. The molecule has 114 valence electrons. The van der Waals surface area contributed by atoms with Gasteiger partial charge in [-0.05, 0) is 36.1 Å². The molecule has 0 aliphatic heterocycles. The van der Waals surface area contributed by atoms with E-state index >= 15 is 0 Å². The molecule has 2 aromatic carbocycles. The normalized spacial score (nSPS) is 15.1. The van der Waals surface area contributed by atoms with Crippen LogP contribution in [0.3, 0.4) is 0 Å². The summed E-state index contributed by atoms with van der Waals surface area (Å²) < 4.78 is 0. The van der Waals surface area contributed by atoms with Crippen molar-refractivity contribution in [3.05, 3.63) is 70.7 Å². The van der Waals surface area contributed by atoms with E-state index in [0.717, 1.165) is 23.4 Å². The molecule has 22 heavy (non-hydrogen) atoms. The minimum absolute atomic E-state index is 0.0919. The van der Waals surface area contributed by atoms with E-state index in [1.165, 1.54) is 5.56 Å². The zero-order valence-electron chi connectivity index (χ0n) is 12.3. The topological polar surface area (TPSA) is 41.1 Å². The van der Waals surface area contributed by atoms with Crippen LogP contribution in [0.5, 0.6) is 0 Å². The first-order chi connectivity index (χ1) is 10.7. The lowest BCUT2D eigenvalue weighted by molar-refractivity contribution is 0.239. The van der Waals surface area contributed by atoms with E-state index in [9.17, 15) is 4.79 Å². The van der Waals surface area contributed by atoms with Crippen LogP contribution in [-0.2, 0) is 12.0 Å². The first kappa shape index (κ1) is 14.9. The van der Waals surface area contributed by atoms with Crippen molar-refractivity contribution in [3.8, 4) is 0 Å². The van der Waals surface area contributed by atoms with Crippen LogP contribution in [0, 0.1) is 0 Å². The molecule has 0 atom stereocenters. The van der Waals surface area contributed by atoms with Gasteiger partial charge in [0.2, 0.25) is 0 Å². The molecule has 3 nitrogen and oxygen atoms in total. The smallest absolute Gasteiger partial charge is 0.315 e. The highest BCUT2D eigenvalue weighted by Gasteiger charge is 2.44. The molecule has 1 saturated carbocycles. The molecule has 0 saturated heterocycles. The Morgan fingerprint density at radius 1 is 1.00 bits per heavy atom. The van der Waals surface area contributed by atoms with Crippen molar-refractivity contribution in [2.75, 3.05) is 6.54 Å². The zero-order chi connectivity index (χ0) is 15.4. The first-order valence-electron chi connectivity index (χ1n) is 7.50. The number of nitrogens with one attached hydrogen (secondary N) is 2. The quantitative estimate of drug-likeness (QED) is 0.864. The van der Waals surface area contributed by atoms with Crippen molar-refractivity contribution in [2.24, 2.45) is 0 Å². The van der Waals surface area contributed by atoms with Crippen LogP contribution in [-0.4, -0.2) is 12.6 Å². The summed E-state index contributed by atoms with van der Waals surface area (Å²) >= 11 is 5.93. The summed E-state index contributed by atoms with van der Waals surface area (Å²) in [6.07, 6.45) is 2.21. The summed E-state index contributed by atoms with van der Waals surface area (Å²) in [6.45, 7) is 1.20. The Bertz CT molecular complexity index is 636. The predicted molar refractivity (Wildman–Crippen MR) is 89.0 cm³/mol. The SMILES string of the molecule is O=C(NCc1ccccc1)NCC1(c2ccc(Cl)cc2)CC1. The summed E-state index contributed by atoms with van der Waals surface area (Å²) in [5.41, 5.74) is 2.44. The second-order valence-corrected chi connectivity index (χ2v) is 6.25. The average molecular weight is 315 g/mol. The summed E-state index contributed by atoms with van der Waals surface area (Å²) in [5.74, 6) is 0. The lowest BCUT2D eigenvalue weighted by atomic mass is 9.96. The molecule has 0 radical (unpaired) electrons. The van der Waals surface area contributed by atoms with Gasteiger partial charge < -0.3 is 10.6 Å². The number of benzene rings is 2. The Morgan fingerprint density at radius 3 is 2.32 bits per heavy atom. The van der Waals surface area contributed by atoms with Crippen molar-refractivity contribution in [1.82, 2.24) is 10.6 Å². The van der Waals surface area contributed by atoms with E-state index in [0.29, 0.717) is 13.1 Å². The van der Waals surface area contributed by atoms with Gasteiger partial charge in [-0.1, -0.05) is 54.1 Å². The van der Waals surface area contributed by atoms with Gasteiger partial charge in [-0.25, -0.2) is 4.79 Å². The fraction of sp³-hybridized carbons (Fsp3) is 0.278. The van der Waals surface area contributed by atoms with Crippen molar-refractivity contribution >= 4 is 17.6 Å². The molecule has 4 heteroatoms. The molecule has 3 rings (SSSR count). The van der Waals surface area contributed by atoms with E-state index in [1.807, 2.05) is 42.5 Å². The number of hydrogen-bond acceptors (Lipinski definition) is 1. The van der Waals surface area contributed by atoms with Gasteiger partial charge in [0.05, 0.1) is 0 Å². The number of halogens is 1. The number of hydrogen-bond donors (Lipinski definition) is 2. The molecular formula is C18H19ClN2O. The maximum absolute atomic E-state index is 11.9. The Kier molecular flexibility index (Phi) is 4.34. The fourth-order valence-corrected chi connectivity index (χ4v) is 2.74. The van der Waals surface area contributed by atoms with Crippen LogP contribution in [0.4, 0.5) is 4.79 Å². The van der Waals surface area contributed by atoms with Crippen molar-refractivity contribution in [1.29, 1.82) is 0 Å². The molecule has 1 aliphatic carbocycles. The number of carbonyl (C=O) groups excluding carboxylic acids is 1. The van der Waals surface area contributed by atoms with Gasteiger partial charge in [0.25, 0.3) is 0 Å². The standard InChI is InChI=1S/C18H19ClN2O/c19-16-8-6-15(7-9-16)18(10-11-18)13-21-17(22)20-12-14-4-2-1-3-5-14/h1-9H,10-13H2,(H2,20,21,22). The summed E-state index contributed by atoms with van der Waals surface area (Å²) in [5, 5.41) is 6.62.